The Morgan fingerprint density at radius 2 is 1.70 bits per heavy atom. The molecule has 4 aromatic rings. The van der Waals surface area contributed by atoms with Crippen LogP contribution >= 0.6 is 0 Å². The third kappa shape index (κ3) is 3.70. The summed E-state index contributed by atoms with van der Waals surface area (Å²) in [6, 6.07) is 26.7. The van der Waals surface area contributed by atoms with E-state index in [4.69, 9.17) is 14.0 Å². The van der Waals surface area contributed by atoms with Gasteiger partial charge >= 0.3 is 0 Å². The maximum Gasteiger partial charge on any atom is 0.174 e. The van der Waals surface area contributed by atoms with Gasteiger partial charge in [0.15, 0.2) is 11.5 Å². The summed E-state index contributed by atoms with van der Waals surface area (Å²) in [6.45, 7) is 0.231. The lowest BCUT2D eigenvalue weighted by Gasteiger charge is -2.25. The Balaban J connectivity index is 1.30. The SMILES string of the molecule is O=C1CC(c2ccccc2)Oc2cc(OCc3cc(-c4ccccc4)no3)ccc21. The van der Waals surface area contributed by atoms with Crippen LogP contribution in [0.1, 0.15) is 34.2 Å². The summed E-state index contributed by atoms with van der Waals surface area (Å²) in [5.74, 6) is 1.83. The molecule has 0 bridgehead atoms. The quantitative estimate of drug-likeness (QED) is 0.437. The van der Waals surface area contributed by atoms with Crippen molar-refractivity contribution in [1.82, 2.24) is 5.16 Å². The highest BCUT2D eigenvalue weighted by Crippen LogP contribution is 2.37. The van der Waals surface area contributed by atoms with Crippen molar-refractivity contribution >= 4 is 5.78 Å². The summed E-state index contributed by atoms with van der Waals surface area (Å²) in [5, 5.41) is 4.10. The Labute approximate surface area is 173 Å². The summed E-state index contributed by atoms with van der Waals surface area (Å²) < 4.78 is 17.3. The highest BCUT2D eigenvalue weighted by molar-refractivity contribution is 6.00. The van der Waals surface area contributed by atoms with Crippen LogP contribution in [-0.4, -0.2) is 10.9 Å². The molecule has 1 aliphatic heterocycles. The molecule has 0 saturated heterocycles. The van der Waals surface area contributed by atoms with Crippen LogP contribution in [0.3, 0.4) is 0 Å². The average Bonchev–Trinajstić information content (AvgIpc) is 3.28. The van der Waals surface area contributed by atoms with E-state index in [0.29, 0.717) is 29.2 Å². The zero-order valence-electron chi connectivity index (χ0n) is 16.2. The van der Waals surface area contributed by atoms with Gasteiger partial charge < -0.3 is 14.0 Å². The predicted octanol–water partition coefficient (Wildman–Crippen LogP) is 5.63. The van der Waals surface area contributed by atoms with Gasteiger partial charge in [0.1, 0.15) is 29.9 Å². The van der Waals surface area contributed by atoms with Gasteiger partial charge in [0, 0.05) is 17.7 Å². The Morgan fingerprint density at radius 3 is 2.50 bits per heavy atom. The maximum absolute atomic E-state index is 12.6. The summed E-state index contributed by atoms with van der Waals surface area (Å²) in [5.41, 5.74) is 3.32. The number of ether oxygens (including phenoxy) is 2. The van der Waals surface area contributed by atoms with Gasteiger partial charge in [0.25, 0.3) is 0 Å². The molecule has 2 heterocycles. The second kappa shape index (κ2) is 7.87. The highest BCUT2D eigenvalue weighted by atomic mass is 16.5. The van der Waals surface area contributed by atoms with Crippen LogP contribution < -0.4 is 9.47 Å². The number of benzene rings is 3. The zero-order chi connectivity index (χ0) is 20.3. The molecule has 0 spiro atoms. The molecular formula is C25H19NO4. The topological polar surface area (TPSA) is 61.6 Å². The number of nitrogens with zero attached hydrogens (tertiary/aromatic N) is 1. The second-order valence-electron chi connectivity index (χ2n) is 7.14. The van der Waals surface area contributed by atoms with Crippen LogP contribution in [-0.2, 0) is 6.61 Å². The molecule has 30 heavy (non-hydrogen) atoms. The van der Waals surface area contributed by atoms with Gasteiger partial charge in [-0.05, 0) is 17.7 Å². The molecule has 1 atom stereocenters. The minimum absolute atomic E-state index is 0.0689. The first-order valence-corrected chi connectivity index (χ1v) is 9.79. The first kappa shape index (κ1) is 18.2. The fourth-order valence-corrected chi connectivity index (χ4v) is 3.53. The van der Waals surface area contributed by atoms with Crippen molar-refractivity contribution in [3.8, 4) is 22.8 Å². The average molecular weight is 397 g/mol. The molecular weight excluding hydrogens is 378 g/mol. The van der Waals surface area contributed by atoms with Crippen LogP contribution in [0.2, 0.25) is 0 Å². The van der Waals surface area contributed by atoms with Gasteiger partial charge in [-0.3, -0.25) is 4.79 Å². The number of rotatable bonds is 5. The molecule has 0 saturated carbocycles. The largest absolute Gasteiger partial charge is 0.485 e. The number of aromatic nitrogens is 1. The Bertz CT molecular complexity index is 1170. The lowest BCUT2D eigenvalue weighted by molar-refractivity contribution is 0.0849. The first-order valence-electron chi connectivity index (χ1n) is 9.79. The molecule has 5 heteroatoms. The molecule has 0 N–H and O–H groups in total. The minimum Gasteiger partial charge on any atom is -0.485 e. The van der Waals surface area contributed by atoms with Crippen molar-refractivity contribution in [2.24, 2.45) is 0 Å². The lowest BCUT2D eigenvalue weighted by Crippen LogP contribution is -2.20. The molecule has 1 aromatic heterocycles. The smallest absolute Gasteiger partial charge is 0.174 e. The fraction of sp³-hybridized carbons (Fsp3) is 0.120. The molecule has 148 valence electrons. The number of hydrogen-bond acceptors (Lipinski definition) is 5. The second-order valence-corrected chi connectivity index (χ2v) is 7.14. The summed E-state index contributed by atoms with van der Waals surface area (Å²) in [6.07, 6.45) is 0.0431. The Morgan fingerprint density at radius 1 is 0.933 bits per heavy atom. The van der Waals surface area contributed by atoms with E-state index >= 15 is 0 Å². The normalized spacial score (nSPS) is 15.3. The molecule has 0 fully saturated rings. The number of hydrogen-bond donors (Lipinski definition) is 0. The predicted molar refractivity (Wildman–Crippen MR) is 111 cm³/mol. The van der Waals surface area contributed by atoms with Gasteiger partial charge in [-0.2, -0.15) is 0 Å². The van der Waals surface area contributed by atoms with Crippen molar-refractivity contribution < 1.29 is 18.8 Å². The van der Waals surface area contributed by atoms with E-state index in [-0.39, 0.29) is 18.5 Å². The van der Waals surface area contributed by atoms with Crippen molar-refractivity contribution in [3.63, 3.8) is 0 Å². The van der Waals surface area contributed by atoms with Crippen LogP contribution in [0.4, 0.5) is 0 Å². The Hall–Kier alpha value is -3.86. The van der Waals surface area contributed by atoms with Crippen LogP contribution in [0, 0.1) is 0 Å². The fourth-order valence-electron chi connectivity index (χ4n) is 3.53. The number of Topliss-reactive ketones (excluding diaryl/α,β-unsaturated/α-hetero) is 1. The van der Waals surface area contributed by atoms with Crippen molar-refractivity contribution in [2.45, 2.75) is 19.1 Å². The Kier molecular flexibility index (Phi) is 4.77. The van der Waals surface area contributed by atoms with Crippen molar-refractivity contribution in [3.05, 3.63) is 102 Å². The molecule has 0 amide bonds. The van der Waals surface area contributed by atoms with Crippen LogP contribution in [0.15, 0.2) is 89.5 Å². The van der Waals surface area contributed by atoms with E-state index in [9.17, 15) is 4.79 Å². The van der Waals surface area contributed by atoms with E-state index in [1.807, 2.05) is 66.7 Å². The molecule has 0 aliphatic carbocycles. The summed E-state index contributed by atoms with van der Waals surface area (Å²) >= 11 is 0. The van der Waals surface area contributed by atoms with E-state index in [1.165, 1.54) is 0 Å². The van der Waals surface area contributed by atoms with Gasteiger partial charge in [0.05, 0.1) is 12.0 Å². The monoisotopic (exact) mass is 397 g/mol. The zero-order valence-corrected chi connectivity index (χ0v) is 16.2. The summed E-state index contributed by atoms with van der Waals surface area (Å²) in [7, 11) is 0. The van der Waals surface area contributed by atoms with Crippen LogP contribution in [0.25, 0.3) is 11.3 Å². The number of fused-ring (bicyclic) bond motifs is 1. The van der Waals surface area contributed by atoms with E-state index in [0.717, 1.165) is 16.8 Å². The highest BCUT2D eigenvalue weighted by Gasteiger charge is 2.28. The maximum atomic E-state index is 12.6. The summed E-state index contributed by atoms with van der Waals surface area (Å²) in [4.78, 5) is 12.6. The van der Waals surface area contributed by atoms with E-state index in [1.54, 1.807) is 18.2 Å². The first-order chi connectivity index (χ1) is 14.8. The molecule has 0 radical (unpaired) electrons. The van der Waals surface area contributed by atoms with Gasteiger partial charge in [-0.1, -0.05) is 65.8 Å². The van der Waals surface area contributed by atoms with E-state index < -0.39 is 0 Å². The van der Waals surface area contributed by atoms with E-state index in [2.05, 4.69) is 5.16 Å². The number of carbonyl (C=O) groups is 1. The van der Waals surface area contributed by atoms with Crippen LogP contribution in [0.5, 0.6) is 11.5 Å². The number of ketones is 1. The third-order valence-electron chi connectivity index (χ3n) is 5.07. The van der Waals surface area contributed by atoms with Gasteiger partial charge in [-0.15, -0.1) is 0 Å². The molecule has 1 unspecified atom stereocenters. The third-order valence-corrected chi connectivity index (χ3v) is 5.07. The van der Waals surface area contributed by atoms with Gasteiger partial charge in [-0.25, -0.2) is 0 Å². The van der Waals surface area contributed by atoms with Gasteiger partial charge in [0.2, 0.25) is 0 Å². The molecule has 3 aromatic carbocycles. The number of carbonyl (C=O) groups excluding carboxylic acids is 1. The molecule has 5 nitrogen and oxygen atoms in total. The lowest BCUT2D eigenvalue weighted by atomic mass is 9.96. The van der Waals surface area contributed by atoms with Crippen molar-refractivity contribution in [2.75, 3.05) is 0 Å². The van der Waals surface area contributed by atoms with Crippen molar-refractivity contribution in [1.29, 1.82) is 0 Å². The molecule has 1 aliphatic rings. The molecule has 5 rings (SSSR count). The minimum atomic E-state index is -0.288. The standard InChI is InChI=1S/C25H19NO4/c27-23-15-24(18-9-5-2-6-10-18)29-25-14-19(11-12-21(23)25)28-16-20-13-22(26-30-20)17-7-3-1-4-8-17/h1-14,24H,15-16H2.